The number of hydrogen-bond donors (Lipinski definition) is 1. The van der Waals surface area contributed by atoms with Crippen LogP contribution in [0, 0.1) is 6.92 Å². The highest BCUT2D eigenvalue weighted by Crippen LogP contribution is 2.30. The number of anilines is 1. The topological polar surface area (TPSA) is 78.5 Å². The lowest BCUT2D eigenvalue weighted by atomic mass is 10.2. The predicted molar refractivity (Wildman–Crippen MR) is 102 cm³/mol. The molecule has 0 aliphatic carbocycles. The summed E-state index contributed by atoms with van der Waals surface area (Å²) in [6, 6.07) is 6.90. The molecule has 0 radical (unpaired) electrons. The van der Waals surface area contributed by atoms with Gasteiger partial charge in [0.25, 0.3) is 5.91 Å². The molecular formula is C20H24N4O3. The normalized spacial score (nSPS) is 19.5. The molecule has 1 unspecified atom stereocenters. The van der Waals surface area contributed by atoms with E-state index in [9.17, 15) is 9.59 Å². The molecule has 2 aliphatic rings. The molecule has 2 fully saturated rings. The summed E-state index contributed by atoms with van der Waals surface area (Å²) in [6.45, 7) is 4.92. The summed E-state index contributed by atoms with van der Waals surface area (Å²) in [5, 5.41) is 0. The van der Waals surface area contributed by atoms with Crippen LogP contribution in [0.3, 0.4) is 0 Å². The summed E-state index contributed by atoms with van der Waals surface area (Å²) in [5.41, 5.74) is 0.857. The maximum Gasteiger partial charge on any atom is 0.254 e. The predicted octanol–water partition coefficient (Wildman–Crippen LogP) is 1.97. The van der Waals surface area contributed by atoms with E-state index in [1.807, 2.05) is 12.1 Å². The fraction of sp³-hybridized carbons (Fsp3) is 0.450. The Hall–Kier alpha value is -2.83. The number of amides is 1. The Morgan fingerprint density at radius 3 is 2.85 bits per heavy atom. The molecule has 1 atom stereocenters. The van der Waals surface area contributed by atoms with E-state index in [1.165, 1.54) is 18.9 Å². The Morgan fingerprint density at radius 1 is 1.26 bits per heavy atom. The van der Waals surface area contributed by atoms with Crippen molar-refractivity contribution in [3.05, 3.63) is 52.1 Å². The number of aromatic nitrogens is 2. The van der Waals surface area contributed by atoms with E-state index in [-0.39, 0.29) is 17.6 Å². The average Bonchev–Trinajstić information content (AvgIpc) is 3.33. The number of nitrogens with zero attached hydrogens (tertiary/aromatic N) is 3. The Kier molecular flexibility index (Phi) is 4.83. The van der Waals surface area contributed by atoms with Crippen LogP contribution in [0.5, 0.6) is 5.75 Å². The zero-order valence-corrected chi connectivity index (χ0v) is 15.5. The van der Waals surface area contributed by atoms with Crippen molar-refractivity contribution in [2.75, 3.05) is 31.1 Å². The summed E-state index contributed by atoms with van der Waals surface area (Å²) in [6.07, 6.45) is 4.85. The maximum atomic E-state index is 12.7. The summed E-state index contributed by atoms with van der Waals surface area (Å²) in [4.78, 5) is 35.5. The molecule has 0 spiro atoms. The fourth-order valence-electron chi connectivity index (χ4n) is 3.82. The van der Waals surface area contributed by atoms with Crippen molar-refractivity contribution in [2.45, 2.75) is 32.3 Å². The molecule has 7 nitrogen and oxygen atoms in total. The second-order valence-electron chi connectivity index (χ2n) is 7.22. The highest BCUT2D eigenvalue weighted by atomic mass is 16.5. The molecule has 2 aromatic rings. The van der Waals surface area contributed by atoms with Crippen LogP contribution in [0.2, 0.25) is 0 Å². The molecule has 2 saturated heterocycles. The van der Waals surface area contributed by atoms with Crippen molar-refractivity contribution in [3.63, 3.8) is 0 Å². The van der Waals surface area contributed by atoms with Crippen molar-refractivity contribution < 1.29 is 9.53 Å². The molecule has 4 rings (SSSR count). The standard InChI is InChI=1S/C20H24N4O3/c1-14-11-15(12-18(25)22-14)20(26)24-10-6-16(13-24)27-17-5-4-7-21-19(17)23-8-2-3-9-23/h4-5,7,11-12,16H,2-3,6,8-10,13H2,1H3,(H,22,25). The molecule has 1 N–H and O–H groups in total. The quantitative estimate of drug-likeness (QED) is 0.893. The van der Waals surface area contributed by atoms with Crippen molar-refractivity contribution in [1.29, 1.82) is 0 Å². The zero-order valence-electron chi connectivity index (χ0n) is 15.5. The lowest BCUT2D eigenvalue weighted by molar-refractivity contribution is 0.0772. The lowest BCUT2D eigenvalue weighted by Gasteiger charge is -2.22. The van der Waals surface area contributed by atoms with Crippen LogP contribution in [0.25, 0.3) is 0 Å². The van der Waals surface area contributed by atoms with Gasteiger partial charge in [-0.25, -0.2) is 4.98 Å². The van der Waals surface area contributed by atoms with Crippen molar-refractivity contribution in [2.24, 2.45) is 0 Å². The molecule has 142 valence electrons. The van der Waals surface area contributed by atoms with E-state index < -0.39 is 0 Å². The molecule has 27 heavy (non-hydrogen) atoms. The van der Waals surface area contributed by atoms with Gasteiger partial charge in [-0.1, -0.05) is 0 Å². The van der Waals surface area contributed by atoms with Crippen LogP contribution in [-0.2, 0) is 0 Å². The van der Waals surface area contributed by atoms with Gasteiger partial charge in [-0.2, -0.15) is 0 Å². The monoisotopic (exact) mass is 368 g/mol. The van der Waals surface area contributed by atoms with Gasteiger partial charge in [-0.05, 0) is 38.0 Å². The fourth-order valence-corrected chi connectivity index (χ4v) is 3.82. The van der Waals surface area contributed by atoms with E-state index in [1.54, 1.807) is 24.1 Å². The molecule has 0 aromatic carbocycles. The largest absolute Gasteiger partial charge is 0.485 e. The van der Waals surface area contributed by atoms with E-state index in [0.717, 1.165) is 31.1 Å². The first kappa shape index (κ1) is 17.6. The van der Waals surface area contributed by atoms with Gasteiger partial charge in [0.1, 0.15) is 6.10 Å². The number of carbonyl (C=O) groups excluding carboxylic acids is 1. The molecule has 2 aromatic heterocycles. The molecule has 0 bridgehead atoms. The number of nitrogens with one attached hydrogen (secondary N) is 1. The van der Waals surface area contributed by atoms with Gasteiger partial charge in [0.05, 0.1) is 6.54 Å². The van der Waals surface area contributed by atoms with E-state index in [2.05, 4.69) is 14.9 Å². The number of ether oxygens (including phenoxy) is 1. The van der Waals surface area contributed by atoms with Crippen LogP contribution in [-0.4, -0.2) is 53.1 Å². The van der Waals surface area contributed by atoms with E-state index in [4.69, 9.17) is 4.74 Å². The second kappa shape index (κ2) is 7.42. The molecule has 0 saturated carbocycles. The molecule has 4 heterocycles. The van der Waals surface area contributed by atoms with Gasteiger partial charge in [0.15, 0.2) is 11.6 Å². The summed E-state index contributed by atoms with van der Waals surface area (Å²) in [5.74, 6) is 1.55. The number of likely N-dealkylation sites (tertiary alicyclic amines) is 1. The van der Waals surface area contributed by atoms with Crippen molar-refractivity contribution >= 4 is 11.7 Å². The highest BCUT2D eigenvalue weighted by Gasteiger charge is 2.30. The zero-order chi connectivity index (χ0) is 18.8. The van der Waals surface area contributed by atoms with E-state index in [0.29, 0.717) is 24.3 Å². The molecular weight excluding hydrogens is 344 g/mol. The summed E-state index contributed by atoms with van der Waals surface area (Å²) >= 11 is 0. The highest BCUT2D eigenvalue weighted by molar-refractivity contribution is 5.94. The number of pyridine rings is 2. The summed E-state index contributed by atoms with van der Waals surface area (Å²) in [7, 11) is 0. The first-order valence-electron chi connectivity index (χ1n) is 9.47. The third-order valence-corrected chi connectivity index (χ3v) is 5.11. The van der Waals surface area contributed by atoms with Gasteiger partial charge >= 0.3 is 0 Å². The Morgan fingerprint density at radius 2 is 2.07 bits per heavy atom. The van der Waals surface area contributed by atoms with Gasteiger partial charge in [0, 0.05) is 49.6 Å². The number of carbonyl (C=O) groups is 1. The SMILES string of the molecule is Cc1cc(C(=O)N2CCC(Oc3cccnc3N3CCCC3)C2)cc(=O)[nH]1. The maximum absolute atomic E-state index is 12.7. The molecule has 2 aliphatic heterocycles. The van der Waals surface area contributed by atoms with Gasteiger partial charge in [0.2, 0.25) is 5.56 Å². The lowest BCUT2D eigenvalue weighted by Crippen LogP contribution is -2.32. The smallest absolute Gasteiger partial charge is 0.254 e. The Labute approximate surface area is 158 Å². The third kappa shape index (κ3) is 3.82. The van der Waals surface area contributed by atoms with Crippen LogP contribution >= 0.6 is 0 Å². The van der Waals surface area contributed by atoms with Gasteiger partial charge in [-0.3, -0.25) is 9.59 Å². The number of H-pyrrole nitrogens is 1. The van der Waals surface area contributed by atoms with E-state index >= 15 is 0 Å². The minimum Gasteiger partial charge on any atom is -0.485 e. The van der Waals surface area contributed by atoms with Crippen LogP contribution in [0.1, 0.15) is 35.3 Å². The Bertz CT molecular complexity index is 889. The molecule has 1 amide bonds. The Balaban J connectivity index is 1.44. The van der Waals surface area contributed by atoms with Crippen LogP contribution in [0.4, 0.5) is 5.82 Å². The third-order valence-electron chi connectivity index (χ3n) is 5.11. The second-order valence-corrected chi connectivity index (χ2v) is 7.22. The van der Waals surface area contributed by atoms with Gasteiger partial charge in [-0.15, -0.1) is 0 Å². The average molecular weight is 368 g/mol. The minimum absolute atomic E-state index is 0.0670. The van der Waals surface area contributed by atoms with Crippen LogP contribution in [0.15, 0.2) is 35.3 Å². The minimum atomic E-state index is -0.254. The number of aromatic amines is 1. The van der Waals surface area contributed by atoms with Crippen molar-refractivity contribution in [1.82, 2.24) is 14.9 Å². The molecule has 7 heteroatoms. The van der Waals surface area contributed by atoms with Crippen LogP contribution < -0.4 is 15.2 Å². The first-order valence-corrected chi connectivity index (χ1v) is 9.47. The number of hydrogen-bond acceptors (Lipinski definition) is 5. The first-order chi connectivity index (χ1) is 13.1. The summed E-state index contributed by atoms with van der Waals surface area (Å²) < 4.78 is 6.22. The number of rotatable bonds is 4. The number of aryl methyl sites for hydroxylation is 1. The van der Waals surface area contributed by atoms with Gasteiger partial charge < -0.3 is 19.5 Å². The van der Waals surface area contributed by atoms with Crippen molar-refractivity contribution in [3.8, 4) is 5.75 Å².